The second-order valence-corrected chi connectivity index (χ2v) is 7.19. The molecule has 0 amide bonds. The largest absolute Gasteiger partial charge is 0.393 e. The Hall–Kier alpha value is -0.0800. The van der Waals surface area contributed by atoms with Gasteiger partial charge in [-0.1, -0.05) is 27.2 Å². The fourth-order valence-corrected chi connectivity index (χ4v) is 4.40. The summed E-state index contributed by atoms with van der Waals surface area (Å²) in [6.07, 6.45) is 6.60. The first-order valence-corrected chi connectivity index (χ1v) is 7.85. The summed E-state index contributed by atoms with van der Waals surface area (Å²) < 4.78 is 0. The van der Waals surface area contributed by atoms with Crippen molar-refractivity contribution < 1.29 is 10.2 Å². The average molecular weight is 254 g/mol. The lowest BCUT2D eigenvalue weighted by atomic mass is 9.82. The minimum atomic E-state index is -0.0873. The van der Waals surface area contributed by atoms with Crippen molar-refractivity contribution in [2.75, 3.05) is 0 Å². The maximum Gasteiger partial charge on any atom is 0.0573 e. The molecule has 0 saturated heterocycles. The Labute approximate surface area is 112 Å². The van der Waals surface area contributed by atoms with Crippen LogP contribution < -0.4 is 0 Å². The third kappa shape index (κ3) is 3.08. The quantitative estimate of drug-likeness (QED) is 0.808. The standard InChI is InChI=1S/C16H30O2/c1-10(2)14-8-12(9-16(14)18)7-11(3)13-5-4-6-15(13)17/h10-18H,4-9H2,1-3H3/t11?,12?,13-,14?,15-,16?/m0/s1. The third-order valence-electron chi connectivity index (χ3n) is 5.50. The van der Waals surface area contributed by atoms with Crippen LogP contribution in [-0.4, -0.2) is 22.4 Å². The van der Waals surface area contributed by atoms with E-state index in [9.17, 15) is 10.2 Å². The molecule has 0 radical (unpaired) electrons. The van der Waals surface area contributed by atoms with Crippen LogP contribution in [0.1, 0.15) is 59.3 Å². The average Bonchev–Trinajstić information content (AvgIpc) is 2.84. The lowest BCUT2D eigenvalue weighted by Crippen LogP contribution is -2.22. The van der Waals surface area contributed by atoms with E-state index in [0.29, 0.717) is 29.6 Å². The monoisotopic (exact) mass is 254 g/mol. The Morgan fingerprint density at radius 2 is 1.67 bits per heavy atom. The van der Waals surface area contributed by atoms with E-state index in [0.717, 1.165) is 12.8 Å². The van der Waals surface area contributed by atoms with Crippen molar-refractivity contribution >= 4 is 0 Å². The second kappa shape index (κ2) is 5.92. The predicted octanol–water partition coefficient (Wildman–Crippen LogP) is 3.22. The van der Waals surface area contributed by atoms with Gasteiger partial charge in [0, 0.05) is 0 Å². The van der Waals surface area contributed by atoms with E-state index in [4.69, 9.17) is 0 Å². The fraction of sp³-hybridized carbons (Fsp3) is 1.00. The maximum absolute atomic E-state index is 10.1. The van der Waals surface area contributed by atoms with Crippen LogP contribution in [-0.2, 0) is 0 Å². The van der Waals surface area contributed by atoms with Crippen molar-refractivity contribution in [1.29, 1.82) is 0 Å². The van der Waals surface area contributed by atoms with E-state index in [1.54, 1.807) is 0 Å². The summed E-state index contributed by atoms with van der Waals surface area (Å²) >= 11 is 0. The number of hydrogen-bond acceptors (Lipinski definition) is 2. The van der Waals surface area contributed by atoms with Crippen LogP contribution in [0.2, 0.25) is 0 Å². The van der Waals surface area contributed by atoms with Crippen LogP contribution in [0, 0.1) is 29.6 Å². The van der Waals surface area contributed by atoms with Crippen LogP contribution in [0.25, 0.3) is 0 Å². The molecule has 2 N–H and O–H groups in total. The van der Waals surface area contributed by atoms with Crippen molar-refractivity contribution in [3.63, 3.8) is 0 Å². The molecule has 2 heteroatoms. The number of hydrogen-bond donors (Lipinski definition) is 2. The first kappa shape index (κ1) is 14.3. The molecule has 0 aromatic heterocycles. The van der Waals surface area contributed by atoms with E-state index in [1.165, 1.54) is 25.7 Å². The first-order valence-electron chi connectivity index (χ1n) is 7.85. The van der Waals surface area contributed by atoms with E-state index < -0.39 is 0 Å². The molecule has 2 aliphatic carbocycles. The lowest BCUT2D eigenvalue weighted by molar-refractivity contribution is 0.0923. The van der Waals surface area contributed by atoms with Gasteiger partial charge >= 0.3 is 0 Å². The molecule has 2 rings (SSSR count). The molecular formula is C16H30O2. The second-order valence-electron chi connectivity index (χ2n) is 7.19. The molecule has 106 valence electrons. The highest BCUT2D eigenvalue weighted by molar-refractivity contribution is 4.88. The zero-order valence-electron chi connectivity index (χ0n) is 12.2. The van der Waals surface area contributed by atoms with E-state index in [-0.39, 0.29) is 12.2 Å². The molecule has 18 heavy (non-hydrogen) atoms. The van der Waals surface area contributed by atoms with Crippen LogP contribution in [0.15, 0.2) is 0 Å². The third-order valence-corrected chi connectivity index (χ3v) is 5.50. The molecule has 0 heterocycles. The fourth-order valence-electron chi connectivity index (χ4n) is 4.40. The molecule has 2 saturated carbocycles. The summed E-state index contributed by atoms with van der Waals surface area (Å²) in [6.45, 7) is 6.75. The van der Waals surface area contributed by atoms with Crippen LogP contribution >= 0.6 is 0 Å². The van der Waals surface area contributed by atoms with Gasteiger partial charge in [-0.05, 0) is 61.7 Å². The summed E-state index contributed by atoms with van der Waals surface area (Å²) in [7, 11) is 0. The van der Waals surface area contributed by atoms with Gasteiger partial charge in [0.2, 0.25) is 0 Å². The zero-order valence-corrected chi connectivity index (χ0v) is 12.2. The Bertz CT molecular complexity index is 264. The number of rotatable bonds is 4. The molecule has 0 bridgehead atoms. The number of aliphatic hydroxyl groups excluding tert-OH is 2. The molecule has 2 nitrogen and oxygen atoms in total. The summed E-state index contributed by atoms with van der Waals surface area (Å²) in [5.41, 5.74) is 0. The topological polar surface area (TPSA) is 40.5 Å². The van der Waals surface area contributed by atoms with Crippen LogP contribution in [0.3, 0.4) is 0 Å². The van der Waals surface area contributed by atoms with Crippen molar-refractivity contribution in [3.8, 4) is 0 Å². The summed E-state index contributed by atoms with van der Waals surface area (Å²) in [4.78, 5) is 0. The van der Waals surface area contributed by atoms with Gasteiger partial charge in [-0.15, -0.1) is 0 Å². The van der Waals surface area contributed by atoms with Crippen LogP contribution in [0.5, 0.6) is 0 Å². The molecule has 0 aliphatic heterocycles. The Balaban J connectivity index is 1.83. The molecule has 2 aliphatic rings. The van der Waals surface area contributed by atoms with Gasteiger partial charge in [0.1, 0.15) is 0 Å². The van der Waals surface area contributed by atoms with Crippen molar-refractivity contribution in [2.24, 2.45) is 29.6 Å². The van der Waals surface area contributed by atoms with Gasteiger partial charge in [0.05, 0.1) is 12.2 Å². The normalized spacial score (nSPS) is 42.7. The molecule has 0 spiro atoms. The Kier molecular flexibility index (Phi) is 4.71. The SMILES string of the molecule is CC(C)C1CC(CC(C)[C@@H]2CCC[C@@H]2O)CC1O. The number of aliphatic hydroxyl groups is 2. The summed E-state index contributed by atoms with van der Waals surface area (Å²) in [5, 5.41) is 20.1. The maximum atomic E-state index is 10.1. The summed E-state index contributed by atoms with van der Waals surface area (Å²) in [5.74, 6) is 2.90. The molecular weight excluding hydrogens is 224 g/mol. The minimum absolute atomic E-state index is 0.0628. The van der Waals surface area contributed by atoms with E-state index in [1.807, 2.05) is 0 Å². The smallest absolute Gasteiger partial charge is 0.0573 e. The highest BCUT2D eigenvalue weighted by Crippen LogP contribution is 2.42. The van der Waals surface area contributed by atoms with Gasteiger partial charge in [0.15, 0.2) is 0 Å². The van der Waals surface area contributed by atoms with E-state index >= 15 is 0 Å². The van der Waals surface area contributed by atoms with Crippen molar-refractivity contribution in [2.45, 2.75) is 71.5 Å². The molecule has 0 aromatic carbocycles. The molecule has 4 unspecified atom stereocenters. The van der Waals surface area contributed by atoms with Crippen molar-refractivity contribution in [3.05, 3.63) is 0 Å². The van der Waals surface area contributed by atoms with Crippen LogP contribution in [0.4, 0.5) is 0 Å². The molecule has 6 atom stereocenters. The first-order chi connectivity index (χ1) is 8.49. The predicted molar refractivity (Wildman–Crippen MR) is 74.2 cm³/mol. The van der Waals surface area contributed by atoms with Gasteiger partial charge in [-0.25, -0.2) is 0 Å². The highest BCUT2D eigenvalue weighted by Gasteiger charge is 2.37. The Morgan fingerprint density at radius 1 is 0.944 bits per heavy atom. The highest BCUT2D eigenvalue weighted by atomic mass is 16.3. The lowest BCUT2D eigenvalue weighted by Gasteiger charge is -2.25. The zero-order chi connectivity index (χ0) is 13.3. The van der Waals surface area contributed by atoms with Crippen molar-refractivity contribution in [1.82, 2.24) is 0 Å². The van der Waals surface area contributed by atoms with Gasteiger partial charge in [-0.2, -0.15) is 0 Å². The minimum Gasteiger partial charge on any atom is -0.393 e. The van der Waals surface area contributed by atoms with E-state index in [2.05, 4.69) is 20.8 Å². The van der Waals surface area contributed by atoms with Gasteiger partial charge in [-0.3, -0.25) is 0 Å². The Morgan fingerprint density at radius 3 is 2.17 bits per heavy atom. The van der Waals surface area contributed by atoms with Gasteiger partial charge in [0.25, 0.3) is 0 Å². The van der Waals surface area contributed by atoms with Gasteiger partial charge < -0.3 is 10.2 Å². The summed E-state index contributed by atoms with van der Waals surface area (Å²) in [6, 6.07) is 0. The molecule has 2 fully saturated rings. The molecule has 0 aromatic rings.